The van der Waals surface area contributed by atoms with Crippen molar-refractivity contribution in [3.05, 3.63) is 94.3 Å². The molecule has 0 saturated carbocycles. The number of alkyl halides is 3. The molecule has 5 nitrogen and oxygen atoms in total. The lowest BCUT2D eigenvalue weighted by Gasteiger charge is -2.20. The van der Waals surface area contributed by atoms with Gasteiger partial charge in [-0.15, -0.1) is 17.0 Å². The largest absolute Gasteiger partial charge is 0.416 e. The maximum atomic E-state index is 13.2. The first kappa shape index (κ1) is 19.8. The Morgan fingerprint density at radius 1 is 1.00 bits per heavy atom. The topological polar surface area (TPSA) is 63.6 Å². The number of nitrogens with one attached hydrogen (secondary N) is 1. The van der Waals surface area contributed by atoms with Gasteiger partial charge in [0.2, 0.25) is 5.56 Å². The van der Waals surface area contributed by atoms with Gasteiger partial charge in [0.15, 0.2) is 0 Å². The Morgan fingerprint density at radius 3 is 2.50 bits per heavy atom. The van der Waals surface area contributed by atoms with Gasteiger partial charge in [0.1, 0.15) is 18.7 Å². The fourth-order valence-electron chi connectivity index (χ4n) is 3.08. The molecule has 0 aliphatic heterocycles. The lowest BCUT2D eigenvalue weighted by molar-refractivity contribution is -0.137. The summed E-state index contributed by atoms with van der Waals surface area (Å²) >= 11 is 0. The van der Waals surface area contributed by atoms with Crippen LogP contribution in [-0.2, 0) is 6.18 Å². The summed E-state index contributed by atoms with van der Waals surface area (Å²) in [5.41, 5.74) is 0.849. The molecule has 28 heavy (non-hydrogen) atoms. The van der Waals surface area contributed by atoms with Gasteiger partial charge < -0.3 is 4.98 Å². The van der Waals surface area contributed by atoms with Crippen LogP contribution in [0.1, 0.15) is 22.7 Å². The van der Waals surface area contributed by atoms with Gasteiger partial charge in [-0.2, -0.15) is 18.3 Å². The molecule has 0 radical (unpaired) electrons. The molecule has 4 aromatic rings. The number of hydrogen-bond donors (Lipinski definition) is 1. The number of H-pyrrole nitrogens is 1. The highest BCUT2D eigenvalue weighted by Gasteiger charge is 2.31. The highest BCUT2D eigenvalue weighted by atomic mass is 79.9. The molecule has 0 spiro atoms. The summed E-state index contributed by atoms with van der Waals surface area (Å²) in [6, 6.07) is 12.9. The molecule has 0 amide bonds. The Balaban J connectivity index is 0.00000225. The zero-order valence-corrected chi connectivity index (χ0v) is 15.9. The van der Waals surface area contributed by atoms with Crippen molar-refractivity contribution in [3.8, 4) is 0 Å². The quantitative estimate of drug-likeness (QED) is 0.504. The van der Waals surface area contributed by atoms with E-state index in [-0.39, 0.29) is 22.5 Å². The maximum Gasteiger partial charge on any atom is 0.416 e. The molecule has 4 rings (SSSR count). The highest BCUT2D eigenvalue weighted by molar-refractivity contribution is 8.93. The maximum absolute atomic E-state index is 13.2. The fraction of sp³-hybridized carbons (Fsp3) is 0.105. The second kappa shape index (κ2) is 7.59. The molecule has 0 saturated heterocycles. The first-order valence-corrected chi connectivity index (χ1v) is 8.06. The third-order valence-corrected chi connectivity index (χ3v) is 4.29. The van der Waals surface area contributed by atoms with Crippen molar-refractivity contribution < 1.29 is 13.2 Å². The minimum absolute atomic E-state index is 0. The van der Waals surface area contributed by atoms with Gasteiger partial charge >= 0.3 is 6.18 Å². The summed E-state index contributed by atoms with van der Waals surface area (Å²) in [6.07, 6.45) is -1.65. The average molecular weight is 451 g/mol. The lowest BCUT2D eigenvalue weighted by Crippen LogP contribution is -2.15. The van der Waals surface area contributed by atoms with E-state index in [9.17, 15) is 18.0 Å². The molecule has 144 valence electrons. The van der Waals surface area contributed by atoms with Crippen LogP contribution < -0.4 is 5.56 Å². The zero-order valence-electron chi connectivity index (χ0n) is 14.2. The molecule has 0 unspecified atom stereocenters. The molecule has 0 aliphatic rings. The van der Waals surface area contributed by atoms with Crippen LogP contribution in [0.25, 0.3) is 10.9 Å². The molecular weight excluding hydrogens is 437 g/mol. The standard InChI is InChI=1S/C19H13F3N4O.BrH/c20-19(21,22)15-3-1-2-13(9-15)18(26-11-23-10-24-26)14-4-6-16-12(8-14)5-7-17(27)25-16;/h1-11,18H,(H,25,27);1H/t18-;/m0./s1. The Bertz CT molecular complexity index is 1160. The van der Waals surface area contributed by atoms with Gasteiger partial charge in [-0.25, -0.2) is 9.67 Å². The summed E-state index contributed by atoms with van der Waals surface area (Å²) in [4.78, 5) is 18.1. The van der Waals surface area contributed by atoms with Crippen LogP contribution in [0.5, 0.6) is 0 Å². The van der Waals surface area contributed by atoms with E-state index in [1.165, 1.54) is 29.5 Å². The van der Waals surface area contributed by atoms with Crippen molar-refractivity contribution >= 4 is 27.9 Å². The summed E-state index contributed by atoms with van der Waals surface area (Å²) in [5, 5.41) is 4.89. The van der Waals surface area contributed by atoms with E-state index >= 15 is 0 Å². The van der Waals surface area contributed by atoms with Gasteiger partial charge in [0.05, 0.1) is 5.56 Å². The van der Waals surface area contributed by atoms with Gasteiger partial charge in [0.25, 0.3) is 0 Å². The van der Waals surface area contributed by atoms with Crippen LogP contribution in [0, 0.1) is 0 Å². The van der Waals surface area contributed by atoms with Gasteiger partial charge in [-0.1, -0.05) is 18.2 Å². The van der Waals surface area contributed by atoms with Crippen LogP contribution in [0.2, 0.25) is 0 Å². The summed E-state index contributed by atoms with van der Waals surface area (Å²) in [6.45, 7) is 0. The molecule has 1 N–H and O–H groups in total. The average Bonchev–Trinajstić information content (AvgIpc) is 3.16. The van der Waals surface area contributed by atoms with Gasteiger partial charge in [-0.3, -0.25) is 4.79 Å². The van der Waals surface area contributed by atoms with Crippen LogP contribution in [0.4, 0.5) is 13.2 Å². The molecular formula is C19H14BrF3N4O. The normalized spacial score (nSPS) is 12.5. The predicted molar refractivity (Wildman–Crippen MR) is 104 cm³/mol. The molecule has 2 aromatic heterocycles. The smallest absolute Gasteiger partial charge is 0.322 e. The Morgan fingerprint density at radius 2 is 1.79 bits per heavy atom. The number of benzene rings is 2. The van der Waals surface area contributed by atoms with Gasteiger partial charge in [0, 0.05) is 11.6 Å². The molecule has 0 aliphatic carbocycles. The lowest BCUT2D eigenvalue weighted by atomic mass is 9.96. The van der Waals surface area contributed by atoms with Crippen molar-refractivity contribution in [1.82, 2.24) is 19.7 Å². The van der Waals surface area contributed by atoms with Crippen molar-refractivity contribution in [3.63, 3.8) is 0 Å². The molecule has 0 bridgehead atoms. The van der Waals surface area contributed by atoms with Crippen LogP contribution in [-0.4, -0.2) is 19.7 Å². The number of aromatic amines is 1. The van der Waals surface area contributed by atoms with E-state index in [4.69, 9.17) is 0 Å². The molecule has 1 atom stereocenters. The third-order valence-electron chi connectivity index (χ3n) is 4.29. The Hall–Kier alpha value is -2.94. The molecule has 0 fully saturated rings. The van der Waals surface area contributed by atoms with Gasteiger partial charge in [-0.05, 0) is 46.8 Å². The van der Waals surface area contributed by atoms with E-state index in [1.54, 1.807) is 24.3 Å². The van der Waals surface area contributed by atoms with E-state index in [0.717, 1.165) is 23.1 Å². The Kier molecular flexibility index (Phi) is 5.37. The summed E-state index contributed by atoms with van der Waals surface area (Å²) in [5.74, 6) is 0. The number of halogens is 4. The number of aromatic nitrogens is 4. The first-order chi connectivity index (χ1) is 12.9. The van der Waals surface area contributed by atoms with E-state index < -0.39 is 17.8 Å². The minimum Gasteiger partial charge on any atom is -0.322 e. The van der Waals surface area contributed by atoms with Crippen molar-refractivity contribution in [2.75, 3.05) is 0 Å². The molecule has 2 heterocycles. The van der Waals surface area contributed by atoms with E-state index in [0.29, 0.717) is 11.1 Å². The number of rotatable bonds is 3. The molecule has 9 heteroatoms. The monoisotopic (exact) mass is 450 g/mol. The number of nitrogens with zero attached hydrogens (tertiary/aromatic N) is 3. The number of fused-ring (bicyclic) bond motifs is 1. The Labute approximate surface area is 167 Å². The highest BCUT2D eigenvalue weighted by Crippen LogP contribution is 2.33. The van der Waals surface area contributed by atoms with E-state index in [1.807, 2.05) is 6.07 Å². The van der Waals surface area contributed by atoms with Crippen molar-refractivity contribution in [2.45, 2.75) is 12.2 Å². The second-order valence-electron chi connectivity index (χ2n) is 6.07. The SMILES string of the molecule is Br.O=c1ccc2cc([C@H](c3cccc(C(F)(F)F)c3)n3cncn3)ccc2[nH]1. The second-order valence-corrected chi connectivity index (χ2v) is 6.07. The van der Waals surface area contributed by atoms with E-state index in [2.05, 4.69) is 15.1 Å². The fourth-order valence-corrected chi connectivity index (χ4v) is 3.08. The van der Waals surface area contributed by atoms with Crippen molar-refractivity contribution in [2.24, 2.45) is 0 Å². The van der Waals surface area contributed by atoms with Crippen LogP contribution in [0.3, 0.4) is 0 Å². The van der Waals surface area contributed by atoms with Crippen LogP contribution >= 0.6 is 17.0 Å². The minimum atomic E-state index is -4.44. The van der Waals surface area contributed by atoms with Crippen LogP contribution in [0.15, 0.2) is 72.0 Å². The molecule has 2 aromatic carbocycles. The summed E-state index contributed by atoms with van der Waals surface area (Å²) < 4.78 is 41.0. The zero-order chi connectivity index (χ0) is 19.0. The predicted octanol–water partition coefficient (Wildman–Crippen LogP) is 4.35. The van der Waals surface area contributed by atoms with Crippen molar-refractivity contribution in [1.29, 1.82) is 0 Å². The third kappa shape index (κ3) is 3.84. The number of pyridine rings is 1. The summed E-state index contributed by atoms with van der Waals surface area (Å²) in [7, 11) is 0. The number of hydrogen-bond acceptors (Lipinski definition) is 3. The first-order valence-electron chi connectivity index (χ1n) is 8.06.